The number of benzene rings is 1. The number of unbranched alkanes of at least 4 members (excludes halogenated alkanes) is 1. The summed E-state index contributed by atoms with van der Waals surface area (Å²) in [4.78, 5) is 158. The molecule has 0 saturated carbocycles. The molecule has 0 radical (unpaired) electrons. The lowest BCUT2D eigenvalue weighted by Gasteiger charge is -2.26. The first-order valence-electron chi connectivity index (χ1n) is 23.7. The Morgan fingerprint density at radius 2 is 1.15 bits per heavy atom. The molecule has 2 rings (SSSR count). The fourth-order valence-corrected chi connectivity index (χ4v) is 7.93. The van der Waals surface area contributed by atoms with Crippen LogP contribution in [-0.4, -0.2) is 193 Å². The van der Waals surface area contributed by atoms with Crippen LogP contribution in [0.15, 0.2) is 30.3 Å². The van der Waals surface area contributed by atoms with Crippen LogP contribution in [0.1, 0.15) is 57.9 Å². The van der Waals surface area contributed by atoms with E-state index in [9.17, 15) is 67.7 Å². The normalized spacial score (nSPS) is 22.4. The van der Waals surface area contributed by atoms with E-state index in [4.69, 9.17) is 9.47 Å². The van der Waals surface area contributed by atoms with E-state index in [1.54, 1.807) is 37.3 Å². The summed E-state index contributed by atoms with van der Waals surface area (Å²) in [6.07, 6.45) is -0.320. The first-order chi connectivity index (χ1) is 35.3. The number of carbonyl (C=O) groups is 12. The van der Waals surface area contributed by atoms with Crippen molar-refractivity contribution in [3.63, 3.8) is 0 Å². The number of ether oxygens (including phenoxy) is 2. The fraction of sp³-hybridized carbons (Fsp3) is 0.600. The predicted molar refractivity (Wildman–Crippen MR) is 274 cm³/mol. The van der Waals surface area contributed by atoms with Crippen molar-refractivity contribution in [2.24, 2.45) is 0 Å². The number of amides is 10. The van der Waals surface area contributed by atoms with Gasteiger partial charge < -0.3 is 72.9 Å². The van der Waals surface area contributed by atoms with Crippen LogP contribution in [-0.2, 0) is 73.4 Å². The molecule has 0 unspecified atom stereocenters. The van der Waals surface area contributed by atoms with E-state index in [1.807, 2.05) is 6.92 Å². The molecule has 29 heteroatoms. The average Bonchev–Trinajstić information content (AvgIpc) is 3.36. The molecule has 26 nitrogen and oxygen atoms in total. The Morgan fingerprint density at radius 1 is 0.622 bits per heavy atom. The zero-order chi connectivity index (χ0) is 55.0. The van der Waals surface area contributed by atoms with Gasteiger partial charge in [-0.05, 0) is 18.4 Å². The van der Waals surface area contributed by atoms with E-state index in [-0.39, 0.29) is 44.1 Å². The third-order valence-corrected chi connectivity index (χ3v) is 12.1. The first-order valence-corrected chi connectivity index (χ1v) is 26.1. The third-order valence-electron chi connectivity index (χ3n) is 10.4. The summed E-state index contributed by atoms with van der Waals surface area (Å²) in [6.45, 7) is 3.80. The highest BCUT2D eigenvalue weighted by atomic mass is 32.2. The minimum Gasteiger partial charge on any atom is -0.481 e. The zero-order valence-corrected chi connectivity index (χ0v) is 43.7. The number of thioether (sulfide) groups is 1. The Morgan fingerprint density at radius 3 is 1.70 bits per heavy atom. The summed E-state index contributed by atoms with van der Waals surface area (Å²) in [5, 5.41) is 43.2. The molecule has 7 atom stereocenters. The van der Waals surface area contributed by atoms with Crippen LogP contribution >= 0.6 is 37.0 Å². The Balaban J connectivity index is 2.56. The highest BCUT2D eigenvalue weighted by Gasteiger charge is 2.34. The van der Waals surface area contributed by atoms with Crippen LogP contribution in [0, 0.1) is 0 Å². The maximum absolute atomic E-state index is 14.2. The minimum atomic E-state index is -1.82. The second kappa shape index (κ2) is 35.9. The van der Waals surface area contributed by atoms with Gasteiger partial charge in [-0.1, -0.05) is 57.0 Å². The fourth-order valence-electron chi connectivity index (χ4n) is 6.56. The van der Waals surface area contributed by atoms with Crippen LogP contribution in [0.25, 0.3) is 0 Å². The summed E-state index contributed by atoms with van der Waals surface area (Å²) in [7, 11) is 0. The number of aliphatic carboxylic acids is 2. The smallest absolute Gasteiger partial charge is 0.305 e. The molecule has 0 aromatic heterocycles. The predicted octanol–water partition coefficient (Wildman–Crippen LogP) is -3.84. The number of thiol groups is 2. The van der Waals surface area contributed by atoms with Gasteiger partial charge in [-0.15, -0.1) is 11.8 Å². The zero-order valence-electron chi connectivity index (χ0n) is 41.1. The molecular weight excluding hydrogens is 1030 g/mol. The first kappa shape index (κ1) is 63.9. The molecule has 12 N–H and O–H groups in total. The van der Waals surface area contributed by atoms with Crippen molar-refractivity contribution < 1.29 is 77.2 Å². The highest BCUT2D eigenvalue weighted by molar-refractivity contribution is 8.00. The van der Waals surface area contributed by atoms with Crippen molar-refractivity contribution in [1.82, 2.24) is 53.2 Å². The van der Waals surface area contributed by atoms with Crippen molar-refractivity contribution in [3.8, 4) is 0 Å². The molecular formula is C45H68N10O16S3. The third kappa shape index (κ3) is 25.7. The monoisotopic (exact) mass is 1100 g/mol. The van der Waals surface area contributed by atoms with Gasteiger partial charge in [-0.3, -0.25) is 57.5 Å². The van der Waals surface area contributed by atoms with Crippen LogP contribution in [0.2, 0.25) is 0 Å². The second-order valence-electron chi connectivity index (χ2n) is 16.5. The van der Waals surface area contributed by atoms with Gasteiger partial charge in [-0.25, -0.2) is 0 Å². The molecule has 10 amide bonds. The molecule has 1 heterocycles. The summed E-state index contributed by atoms with van der Waals surface area (Å²) in [6, 6.07) is -2.70. The van der Waals surface area contributed by atoms with Crippen molar-refractivity contribution >= 4 is 108 Å². The molecule has 1 aromatic carbocycles. The topological polar surface area (TPSA) is 384 Å². The lowest BCUT2D eigenvalue weighted by atomic mass is 10.0. The average molecular weight is 1100 g/mol. The van der Waals surface area contributed by atoms with E-state index in [1.165, 1.54) is 0 Å². The Labute approximate surface area is 442 Å². The maximum Gasteiger partial charge on any atom is 0.305 e. The van der Waals surface area contributed by atoms with E-state index >= 15 is 0 Å². The van der Waals surface area contributed by atoms with Gasteiger partial charge >= 0.3 is 11.9 Å². The van der Waals surface area contributed by atoms with E-state index in [0.29, 0.717) is 31.6 Å². The highest BCUT2D eigenvalue weighted by Crippen LogP contribution is 2.10. The molecule has 1 fully saturated rings. The van der Waals surface area contributed by atoms with E-state index in [0.717, 1.165) is 18.2 Å². The summed E-state index contributed by atoms with van der Waals surface area (Å²) in [5.74, 6) is -14.4. The number of carbonyl (C=O) groups excluding carboxylic acids is 10. The molecule has 1 aliphatic rings. The SMILES string of the molecule is CCCC[C@@H]1NC(=O)[C@H](CS)NC(=O)[C@H](CC(=O)O)NC(=O)CSC[C@@H](C(=O)NCC(=O)NCCOCCOCCC)NC(=O)[C@H](Cc2ccccc2)NC(=O)[C@H](CS)NC(=O)[C@H](CC(=O)O)NC(=O)CNC1=O. The molecule has 0 bridgehead atoms. The van der Waals surface area contributed by atoms with Gasteiger partial charge in [0.05, 0.1) is 51.5 Å². The molecule has 0 spiro atoms. The Kier molecular flexibility index (Phi) is 31.0. The lowest BCUT2D eigenvalue weighted by molar-refractivity contribution is -0.141. The van der Waals surface area contributed by atoms with Crippen LogP contribution in [0.4, 0.5) is 0 Å². The van der Waals surface area contributed by atoms with E-state index in [2.05, 4.69) is 78.4 Å². The van der Waals surface area contributed by atoms with Gasteiger partial charge in [0.25, 0.3) is 0 Å². The minimum absolute atomic E-state index is 0.0344. The molecule has 412 valence electrons. The Hall–Kier alpha value is -6.17. The van der Waals surface area contributed by atoms with Crippen molar-refractivity contribution in [2.75, 3.05) is 69.1 Å². The molecule has 1 aromatic rings. The van der Waals surface area contributed by atoms with Crippen LogP contribution in [0.3, 0.4) is 0 Å². The number of nitrogens with one attached hydrogen (secondary N) is 10. The van der Waals surface area contributed by atoms with E-state index < -0.39 is 151 Å². The van der Waals surface area contributed by atoms with Crippen molar-refractivity contribution in [3.05, 3.63) is 35.9 Å². The number of rotatable bonds is 22. The van der Waals surface area contributed by atoms with Gasteiger partial charge in [0.1, 0.15) is 42.3 Å². The summed E-state index contributed by atoms with van der Waals surface area (Å²) >= 11 is 9.06. The van der Waals surface area contributed by atoms with Gasteiger partial charge in [0.2, 0.25) is 59.1 Å². The molecule has 1 saturated heterocycles. The van der Waals surface area contributed by atoms with Gasteiger partial charge in [0, 0.05) is 36.8 Å². The lowest BCUT2D eigenvalue weighted by Crippen LogP contribution is -2.60. The Bertz CT molecular complexity index is 2080. The van der Waals surface area contributed by atoms with Crippen LogP contribution < -0.4 is 53.2 Å². The number of hydrogen-bond acceptors (Lipinski definition) is 17. The quantitative estimate of drug-likeness (QED) is 0.0391. The van der Waals surface area contributed by atoms with Crippen LogP contribution in [0.5, 0.6) is 0 Å². The van der Waals surface area contributed by atoms with Gasteiger partial charge in [0.15, 0.2) is 0 Å². The summed E-state index contributed by atoms with van der Waals surface area (Å²) < 4.78 is 10.7. The number of carboxylic acid groups (broad SMARTS) is 2. The molecule has 74 heavy (non-hydrogen) atoms. The standard InChI is InChI=1S/C45H68N10O16S3/c1-3-5-11-27-39(63)48-21-35(57)49-29(18-37(59)60)42(66)54-32(23-73)45(69)52-28(17-26-9-7-6-8-10-26)41(65)55-33(40(64)47-20-34(56)46-12-14-71-16-15-70-13-4-2)24-74-25-36(58)50-30(19-38(61)62)43(67)53-31(22-72)44(68)51-27/h6-10,27-33,72-73H,3-5,11-25H2,1-2H3,(H,46,56)(H,47,64)(H,48,63)(H,49,57)(H,50,58)(H,51,68)(H,52,69)(H,53,67)(H,54,66)(H,55,65)(H,59,60)(H,61,62)/t27-,28-,29-,30-,31-,32-,33-/m0/s1. The largest absolute Gasteiger partial charge is 0.481 e. The van der Waals surface area contributed by atoms with Gasteiger partial charge in [-0.2, -0.15) is 25.3 Å². The number of hydrogen-bond donors (Lipinski definition) is 14. The maximum atomic E-state index is 14.2. The number of carboxylic acids is 2. The van der Waals surface area contributed by atoms with Crippen molar-refractivity contribution in [2.45, 2.75) is 101 Å². The van der Waals surface area contributed by atoms with Crippen molar-refractivity contribution in [1.29, 1.82) is 0 Å². The molecule has 0 aliphatic carbocycles. The summed E-state index contributed by atoms with van der Waals surface area (Å²) in [5.41, 5.74) is 0.518. The molecule has 1 aliphatic heterocycles. The second-order valence-corrected chi connectivity index (χ2v) is 18.2.